The topological polar surface area (TPSA) is 138 Å². The van der Waals surface area contributed by atoms with Gasteiger partial charge in [-0.1, -0.05) is 0 Å². The van der Waals surface area contributed by atoms with Crippen molar-refractivity contribution in [2.45, 2.75) is 19.3 Å². The van der Waals surface area contributed by atoms with Crippen molar-refractivity contribution < 1.29 is 27.5 Å². The van der Waals surface area contributed by atoms with Gasteiger partial charge >= 0.3 is 13.8 Å². The van der Waals surface area contributed by atoms with Crippen molar-refractivity contribution in [2.75, 3.05) is 0 Å². The molecule has 0 saturated carbocycles. The van der Waals surface area contributed by atoms with Crippen molar-refractivity contribution >= 4 is 24.3 Å². The third-order valence-corrected chi connectivity index (χ3v) is 4.97. The number of aryl methyl sites for hydroxylation is 1. The normalized spacial score (nSPS) is 12.9. The van der Waals surface area contributed by atoms with Gasteiger partial charge in [0.15, 0.2) is 0 Å². The fourth-order valence-electron chi connectivity index (χ4n) is 3.10. The second-order valence-corrected chi connectivity index (χ2v) is 7.93. The van der Waals surface area contributed by atoms with Crippen LogP contribution in [-0.2, 0) is 16.9 Å². The van der Waals surface area contributed by atoms with Gasteiger partial charge in [0, 0.05) is 12.4 Å². The molecule has 29 heavy (non-hydrogen) atoms. The highest BCUT2D eigenvalue weighted by Gasteiger charge is 2.35. The molecule has 1 aromatic carbocycles. The minimum atomic E-state index is -4.74. The molecule has 3 N–H and O–H groups in total. The fourth-order valence-corrected chi connectivity index (χ4v) is 3.68. The molecule has 152 valence electrons. The van der Waals surface area contributed by atoms with Crippen molar-refractivity contribution in [2.24, 2.45) is 0 Å². The van der Waals surface area contributed by atoms with Crippen molar-refractivity contribution in [3.05, 3.63) is 52.1 Å². The van der Waals surface area contributed by atoms with Gasteiger partial charge in [0.1, 0.15) is 17.8 Å². The van der Waals surface area contributed by atoms with E-state index >= 15 is 0 Å². The van der Waals surface area contributed by atoms with Gasteiger partial charge in [-0.3, -0.25) is 13.8 Å². The van der Waals surface area contributed by atoms with Gasteiger partial charge in [-0.25, -0.2) is 4.98 Å². The lowest BCUT2D eigenvalue weighted by Crippen LogP contribution is -2.16. The van der Waals surface area contributed by atoms with Crippen LogP contribution in [0.1, 0.15) is 17.2 Å². The Morgan fingerprint density at radius 3 is 2.55 bits per heavy atom. The highest BCUT2D eigenvalue weighted by molar-refractivity contribution is 7.50. The number of halogens is 3. The monoisotopic (exact) mass is 428 g/mol. The average molecular weight is 428 g/mol. The van der Waals surface area contributed by atoms with E-state index in [4.69, 9.17) is 0 Å². The summed E-state index contributed by atoms with van der Waals surface area (Å²) >= 11 is 0. The summed E-state index contributed by atoms with van der Waals surface area (Å²) in [6, 6.07) is 1.90. The van der Waals surface area contributed by atoms with Crippen molar-refractivity contribution in [1.82, 2.24) is 29.1 Å². The molecule has 0 aliphatic carbocycles. The Bertz CT molecular complexity index is 1370. The summed E-state index contributed by atoms with van der Waals surface area (Å²) in [4.78, 5) is 37.0. The standard InChI is InChI=1S/C15H12F3N6O4P/c1-7-19-2-3-23(7)10-5-11-9(4-8(10)15(16,17)18)20-14(25)13-22-21-12(24(11)13)6-29(26,27)28/h2-5H,6H2,1H3,(H,20,25)(H2,26,27,28). The van der Waals surface area contributed by atoms with Crippen molar-refractivity contribution in [1.29, 1.82) is 0 Å². The zero-order valence-corrected chi connectivity index (χ0v) is 15.4. The van der Waals surface area contributed by atoms with Gasteiger partial charge in [-0.05, 0) is 19.1 Å². The van der Waals surface area contributed by atoms with Gasteiger partial charge < -0.3 is 19.3 Å². The molecule has 3 aromatic heterocycles. The molecular weight excluding hydrogens is 416 g/mol. The Labute approximate surface area is 158 Å². The summed E-state index contributed by atoms with van der Waals surface area (Å²) in [6.45, 7) is 1.52. The molecule has 0 saturated heterocycles. The maximum absolute atomic E-state index is 13.7. The summed E-state index contributed by atoms with van der Waals surface area (Å²) < 4.78 is 54.8. The average Bonchev–Trinajstić information content (AvgIpc) is 3.19. The highest BCUT2D eigenvalue weighted by atomic mass is 31.2. The number of hydrogen-bond acceptors (Lipinski definition) is 5. The quantitative estimate of drug-likeness (QED) is 0.423. The zero-order chi connectivity index (χ0) is 21.1. The Hall–Kier alpha value is -3.02. The molecule has 0 fully saturated rings. The molecule has 0 aliphatic heterocycles. The maximum Gasteiger partial charge on any atom is 0.418 e. The Morgan fingerprint density at radius 1 is 1.24 bits per heavy atom. The molecule has 0 bridgehead atoms. The first-order valence-electron chi connectivity index (χ1n) is 8.02. The van der Waals surface area contributed by atoms with Crippen LogP contribution in [0.15, 0.2) is 29.3 Å². The summed E-state index contributed by atoms with van der Waals surface area (Å²) in [5, 5.41) is 7.25. The Kier molecular flexibility index (Phi) is 4.15. The van der Waals surface area contributed by atoms with E-state index in [0.717, 1.165) is 16.5 Å². The summed E-state index contributed by atoms with van der Waals surface area (Å²) in [5.41, 5.74) is -2.59. The van der Waals surface area contributed by atoms with E-state index in [1.54, 1.807) is 0 Å². The number of fused-ring (bicyclic) bond motifs is 3. The number of aromatic amines is 1. The number of H-pyrrole nitrogens is 1. The first kappa shape index (κ1) is 19.3. The lowest BCUT2D eigenvalue weighted by Gasteiger charge is -2.16. The summed E-state index contributed by atoms with van der Waals surface area (Å²) in [6.07, 6.45) is -2.90. The fraction of sp³-hybridized carbons (Fsp3) is 0.200. The smallest absolute Gasteiger partial charge is 0.324 e. The van der Waals surface area contributed by atoms with Gasteiger partial charge in [0.05, 0.1) is 22.3 Å². The molecule has 0 atom stereocenters. The maximum atomic E-state index is 13.7. The minimum Gasteiger partial charge on any atom is -0.324 e. The third kappa shape index (κ3) is 3.33. The van der Waals surface area contributed by atoms with Crippen LogP contribution in [0.4, 0.5) is 13.2 Å². The lowest BCUT2D eigenvalue weighted by molar-refractivity contribution is -0.137. The van der Waals surface area contributed by atoms with E-state index in [-0.39, 0.29) is 34.0 Å². The van der Waals surface area contributed by atoms with E-state index in [1.165, 1.54) is 23.9 Å². The molecule has 0 unspecified atom stereocenters. The van der Waals surface area contributed by atoms with E-state index < -0.39 is 31.1 Å². The molecule has 0 spiro atoms. The van der Waals surface area contributed by atoms with Crippen LogP contribution in [0, 0.1) is 6.92 Å². The van der Waals surface area contributed by atoms with E-state index in [2.05, 4.69) is 20.2 Å². The molecule has 14 heteroatoms. The second-order valence-electron chi connectivity index (χ2n) is 6.28. The molecule has 4 rings (SSSR count). The van der Waals surface area contributed by atoms with Crippen LogP contribution in [0.3, 0.4) is 0 Å². The summed E-state index contributed by atoms with van der Waals surface area (Å²) in [7, 11) is -4.59. The molecular formula is C15H12F3N6O4P. The van der Waals surface area contributed by atoms with Crippen LogP contribution in [0.2, 0.25) is 0 Å². The molecule has 0 amide bonds. The SMILES string of the molecule is Cc1nccn1-c1cc2c(cc1C(F)(F)F)[nH]c(=O)c1nnc(CP(=O)(O)O)n12. The molecule has 4 aromatic rings. The molecule has 3 heterocycles. The van der Waals surface area contributed by atoms with Crippen LogP contribution in [0.5, 0.6) is 0 Å². The van der Waals surface area contributed by atoms with Crippen LogP contribution >= 0.6 is 7.60 Å². The van der Waals surface area contributed by atoms with Gasteiger partial charge in [0.25, 0.3) is 5.56 Å². The number of nitrogens with zero attached hydrogens (tertiary/aromatic N) is 5. The Morgan fingerprint density at radius 2 is 1.97 bits per heavy atom. The number of nitrogens with one attached hydrogen (secondary N) is 1. The van der Waals surface area contributed by atoms with Crippen LogP contribution < -0.4 is 5.56 Å². The van der Waals surface area contributed by atoms with Gasteiger partial charge in [-0.15, -0.1) is 10.2 Å². The number of alkyl halides is 3. The molecule has 0 radical (unpaired) electrons. The van der Waals surface area contributed by atoms with E-state index in [9.17, 15) is 32.3 Å². The van der Waals surface area contributed by atoms with E-state index in [0.29, 0.717) is 0 Å². The van der Waals surface area contributed by atoms with Gasteiger partial charge in [-0.2, -0.15) is 13.2 Å². The number of benzene rings is 1. The van der Waals surface area contributed by atoms with Crippen LogP contribution in [0.25, 0.3) is 22.4 Å². The largest absolute Gasteiger partial charge is 0.418 e. The zero-order valence-electron chi connectivity index (χ0n) is 14.5. The number of aromatic nitrogens is 6. The van der Waals surface area contributed by atoms with Crippen molar-refractivity contribution in [3.8, 4) is 5.69 Å². The number of imidazole rings is 1. The van der Waals surface area contributed by atoms with Gasteiger partial charge in [0.2, 0.25) is 5.65 Å². The minimum absolute atomic E-state index is 0.0455. The van der Waals surface area contributed by atoms with Crippen molar-refractivity contribution in [3.63, 3.8) is 0 Å². The van der Waals surface area contributed by atoms with Crippen LogP contribution in [-0.4, -0.2) is 38.9 Å². The first-order chi connectivity index (χ1) is 13.5. The third-order valence-electron chi connectivity index (χ3n) is 4.27. The molecule has 10 nitrogen and oxygen atoms in total. The number of rotatable bonds is 3. The Balaban J connectivity index is 2.15. The lowest BCUT2D eigenvalue weighted by atomic mass is 10.1. The predicted octanol–water partition coefficient (Wildman–Crippen LogP) is 1.76. The molecule has 0 aliphatic rings. The summed E-state index contributed by atoms with van der Waals surface area (Å²) in [5.74, 6) is 0.0345. The first-order valence-corrected chi connectivity index (χ1v) is 9.81. The predicted molar refractivity (Wildman–Crippen MR) is 93.7 cm³/mol. The number of hydrogen-bond donors (Lipinski definition) is 3. The highest BCUT2D eigenvalue weighted by Crippen LogP contribution is 2.40. The van der Waals surface area contributed by atoms with E-state index in [1.807, 2.05) is 0 Å². The second kappa shape index (κ2) is 6.24.